The van der Waals surface area contributed by atoms with Gasteiger partial charge in [-0.05, 0) is 25.5 Å². The van der Waals surface area contributed by atoms with Gasteiger partial charge < -0.3 is 4.52 Å². The van der Waals surface area contributed by atoms with Crippen molar-refractivity contribution in [3.05, 3.63) is 28.8 Å². The molecular weight excluding hydrogens is 170 g/mol. The van der Waals surface area contributed by atoms with Crippen LogP contribution < -0.4 is 0 Å². The van der Waals surface area contributed by atoms with Crippen LogP contribution in [0.25, 0.3) is 10.6 Å². The summed E-state index contributed by atoms with van der Waals surface area (Å²) >= 11 is 1.75. The van der Waals surface area contributed by atoms with Crippen molar-refractivity contribution in [3.8, 4) is 10.6 Å². The Kier molecular flexibility index (Phi) is 1.73. The molecule has 0 aliphatic carbocycles. The van der Waals surface area contributed by atoms with Crippen molar-refractivity contribution < 1.29 is 4.52 Å². The maximum Gasteiger partial charge on any atom is 0.124 e. The molecule has 2 aromatic rings. The van der Waals surface area contributed by atoms with Crippen molar-refractivity contribution in [1.29, 1.82) is 0 Å². The second-order valence-electron chi connectivity index (χ2n) is 2.75. The minimum atomic E-state index is 0.936. The minimum absolute atomic E-state index is 0.936. The first kappa shape index (κ1) is 7.55. The first-order valence-corrected chi connectivity index (χ1v) is 4.57. The van der Waals surface area contributed by atoms with Gasteiger partial charge in [0.25, 0.3) is 0 Å². The van der Waals surface area contributed by atoms with Gasteiger partial charge >= 0.3 is 0 Å². The quantitative estimate of drug-likeness (QED) is 0.672. The van der Waals surface area contributed by atoms with Crippen LogP contribution in [0.2, 0.25) is 0 Å². The molecule has 0 unspecified atom stereocenters. The molecule has 0 saturated carbocycles. The zero-order chi connectivity index (χ0) is 8.55. The molecule has 12 heavy (non-hydrogen) atoms. The lowest BCUT2D eigenvalue weighted by Gasteiger charge is -1.89. The van der Waals surface area contributed by atoms with Crippen LogP contribution in [0.5, 0.6) is 0 Å². The lowest BCUT2D eigenvalue weighted by Crippen LogP contribution is -1.72. The summed E-state index contributed by atoms with van der Waals surface area (Å²) in [6.07, 6.45) is 1.60. The number of nitrogens with zero attached hydrogens (tertiary/aromatic N) is 1. The molecule has 0 aliphatic rings. The van der Waals surface area contributed by atoms with Gasteiger partial charge in [-0.2, -0.15) is 0 Å². The van der Waals surface area contributed by atoms with Crippen LogP contribution in [0.1, 0.15) is 10.4 Å². The standard InChI is InChI=1S/C9H9NOS/c1-6-5-7(2)12-9(6)8-3-4-11-10-8/h3-5H,1-2H3. The molecule has 0 N–H and O–H groups in total. The number of aromatic nitrogens is 1. The third kappa shape index (κ3) is 1.16. The highest BCUT2D eigenvalue weighted by Crippen LogP contribution is 2.30. The normalized spacial score (nSPS) is 10.5. The SMILES string of the molecule is Cc1cc(C)c(-c2ccon2)s1. The summed E-state index contributed by atoms with van der Waals surface area (Å²) in [6.45, 7) is 4.19. The van der Waals surface area contributed by atoms with Crippen molar-refractivity contribution in [1.82, 2.24) is 5.16 Å². The fourth-order valence-corrected chi connectivity index (χ4v) is 2.21. The third-order valence-electron chi connectivity index (χ3n) is 1.71. The molecule has 0 amide bonds. The fraction of sp³-hybridized carbons (Fsp3) is 0.222. The fourth-order valence-electron chi connectivity index (χ4n) is 1.23. The monoisotopic (exact) mass is 179 g/mol. The summed E-state index contributed by atoms with van der Waals surface area (Å²) in [5, 5.41) is 3.90. The number of hydrogen-bond donors (Lipinski definition) is 0. The van der Waals surface area contributed by atoms with Crippen molar-refractivity contribution >= 4 is 11.3 Å². The molecule has 0 fully saturated rings. The van der Waals surface area contributed by atoms with E-state index in [9.17, 15) is 0 Å². The molecule has 2 rings (SSSR count). The van der Waals surface area contributed by atoms with E-state index >= 15 is 0 Å². The average molecular weight is 179 g/mol. The smallest absolute Gasteiger partial charge is 0.124 e. The molecular formula is C9H9NOS. The Balaban J connectivity index is 2.54. The summed E-state index contributed by atoms with van der Waals surface area (Å²) < 4.78 is 4.79. The Morgan fingerprint density at radius 2 is 2.25 bits per heavy atom. The maximum atomic E-state index is 4.79. The Labute approximate surface area is 74.8 Å². The molecule has 62 valence electrons. The second-order valence-corrected chi connectivity index (χ2v) is 4.01. The van der Waals surface area contributed by atoms with Crippen LogP contribution in [0.15, 0.2) is 22.9 Å². The second kappa shape index (κ2) is 2.75. The molecule has 0 radical (unpaired) electrons. The summed E-state index contributed by atoms with van der Waals surface area (Å²) in [5.74, 6) is 0. The van der Waals surface area contributed by atoms with Gasteiger partial charge in [-0.3, -0.25) is 0 Å². The Bertz CT molecular complexity index is 375. The van der Waals surface area contributed by atoms with E-state index in [0.717, 1.165) is 5.69 Å². The van der Waals surface area contributed by atoms with E-state index in [-0.39, 0.29) is 0 Å². The van der Waals surface area contributed by atoms with Crippen LogP contribution in [0.3, 0.4) is 0 Å². The summed E-state index contributed by atoms with van der Waals surface area (Å²) in [6, 6.07) is 4.05. The topological polar surface area (TPSA) is 26.0 Å². The van der Waals surface area contributed by atoms with E-state index in [4.69, 9.17) is 4.52 Å². The van der Waals surface area contributed by atoms with Crippen LogP contribution in [0, 0.1) is 13.8 Å². The molecule has 0 atom stereocenters. The Morgan fingerprint density at radius 3 is 2.75 bits per heavy atom. The van der Waals surface area contributed by atoms with Crippen LogP contribution >= 0.6 is 11.3 Å². The molecule has 2 aromatic heterocycles. The summed E-state index contributed by atoms with van der Waals surface area (Å²) in [5.41, 5.74) is 2.21. The van der Waals surface area contributed by atoms with E-state index in [1.54, 1.807) is 17.6 Å². The number of rotatable bonds is 1. The van der Waals surface area contributed by atoms with Crippen LogP contribution in [-0.2, 0) is 0 Å². The van der Waals surface area contributed by atoms with Crippen molar-refractivity contribution in [2.45, 2.75) is 13.8 Å². The first-order valence-electron chi connectivity index (χ1n) is 3.75. The van der Waals surface area contributed by atoms with Gasteiger partial charge in [-0.25, -0.2) is 0 Å². The molecule has 0 bridgehead atoms. The largest absolute Gasteiger partial charge is 0.364 e. The van der Waals surface area contributed by atoms with E-state index in [2.05, 4.69) is 25.1 Å². The summed E-state index contributed by atoms with van der Waals surface area (Å²) in [7, 11) is 0. The van der Waals surface area contributed by atoms with Gasteiger partial charge in [0.2, 0.25) is 0 Å². The van der Waals surface area contributed by atoms with Gasteiger partial charge in [0.1, 0.15) is 12.0 Å². The Morgan fingerprint density at radius 1 is 1.42 bits per heavy atom. The van der Waals surface area contributed by atoms with Gasteiger partial charge in [-0.15, -0.1) is 11.3 Å². The van der Waals surface area contributed by atoms with E-state index in [1.807, 2.05) is 6.07 Å². The molecule has 0 saturated heterocycles. The maximum absolute atomic E-state index is 4.79. The van der Waals surface area contributed by atoms with Gasteiger partial charge in [0, 0.05) is 10.9 Å². The third-order valence-corrected chi connectivity index (χ3v) is 2.89. The van der Waals surface area contributed by atoms with Crippen molar-refractivity contribution in [2.75, 3.05) is 0 Å². The van der Waals surface area contributed by atoms with Crippen LogP contribution in [-0.4, -0.2) is 5.16 Å². The average Bonchev–Trinajstić information content (AvgIpc) is 2.58. The molecule has 0 aromatic carbocycles. The molecule has 2 nitrogen and oxygen atoms in total. The zero-order valence-corrected chi connectivity index (χ0v) is 7.81. The first-order chi connectivity index (χ1) is 5.77. The van der Waals surface area contributed by atoms with E-state index in [1.165, 1.54) is 15.3 Å². The van der Waals surface area contributed by atoms with E-state index in [0.29, 0.717) is 0 Å². The minimum Gasteiger partial charge on any atom is -0.364 e. The Hall–Kier alpha value is -1.09. The van der Waals surface area contributed by atoms with Gasteiger partial charge in [0.15, 0.2) is 0 Å². The molecule has 0 aliphatic heterocycles. The highest BCUT2D eigenvalue weighted by Gasteiger charge is 2.07. The lowest BCUT2D eigenvalue weighted by molar-refractivity contribution is 0.422. The molecule has 2 heterocycles. The van der Waals surface area contributed by atoms with Gasteiger partial charge in [0.05, 0.1) is 4.88 Å². The predicted molar refractivity (Wildman–Crippen MR) is 49.3 cm³/mol. The molecule has 3 heteroatoms. The highest BCUT2D eigenvalue weighted by atomic mass is 32.1. The number of hydrogen-bond acceptors (Lipinski definition) is 3. The van der Waals surface area contributed by atoms with Crippen molar-refractivity contribution in [2.24, 2.45) is 0 Å². The predicted octanol–water partition coefficient (Wildman–Crippen LogP) is 3.02. The summed E-state index contributed by atoms with van der Waals surface area (Å²) in [4.78, 5) is 2.52. The van der Waals surface area contributed by atoms with E-state index < -0.39 is 0 Å². The molecule has 0 spiro atoms. The lowest BCUT2D eigenvalue weighted by atomic mass is 10.2. The van der Waals surface area contributed by atoms with Gasteiger partial charge in [-0.1, -0.05) is 5.16 Å². The van der Waals surface area contributed by atoms with Crippen LogP contribution in [0.4, 0.5) is 0 Å². The number of aryl methyl sites for hydroxylation is 2. The number of thiophene rings is 1. The highest BCUT2D eigenvalue weighted by molar-refractivity contribution is 7.15. The zero-order valence-electron chi connectivity index (χ0n) is 7.00. The van der Waals surface area contributed by atoms with Crippen molar-refractivity contribution in [3.63, 3.8) is 0 Å².